The van der Waals surface area contributed by atoms with Crippen LogP contribution in [0, 0.1) is 0 Å². The van der Waals surface area contributed by atoms with Crippen molar-refractivity contribution in [2.24, 2.45) is 0 Å². The number of piperazine rings is 1. The lowest BCUT2D eigenvalue weighted by Gasteiger charge is -2.34. The number of benzene rings is 2. The van der Waals surface area contributed by atoms with Crippen LogP contribution in [0.25, 0.3) is 0 Å². The molecule has 2 amide bonds. The molecule has 138 valence electrons. The summed E-state index contributed by atoms with van der Waals surface area (Å²) in [4.78, 5) is 16.5. The predicted molar refractivity (Wildman–Crippen MR) is 105 cm³/mol. The van der Waals surface area contributed by atoms with E-state index in [1.54, 1.807) is 31.4 Å². The monoisotopic (exact) mass is 393 g/mol. The molecule has 0 aliphatic carbocycles. The van der Waals surface area contributed by atoms with Crippen LogP contribution in [-0.4, -0.2) is 49.1 Å². The Morgan fingerprint density at radius 1 is 1.04 bits per heavy atom. The number of amides is 2. The second-order valence-electron chi connectivity index (χ2n) is 6.16. The topological polar surface area (TPSA) is 44.8 Å². The third kappa shape index (κ3) is 4.81. The maximum absolute atomic E-state index is 12.4. The molecule has 7 heteroatoms. The molecule has 1 aliphatic rings. The number of hydrogen-bond acceptors (Lipinski definition) is 3. The first-order chi connectivity index (χ1) is 12.5. The minimum Gasteiger partial charge on any atom is -0.496 e. The standard InChI is InChI=1S/C19H21Cl2N3O2/c1-26-18-7-4-16(21)12-14(18)13-23-8-10-24(11-9-23)19(25)22-17-5-2-15(20)3-6-17/h2-7,12H,8-11,13H2,1H3,(H,22,25). The van der Waals surface area contributed by atoms with Crippen molar-refractivity contribution in [1.29, 1.82) is 0 Å². The van der Waals surface area contributed by atoms with Crippen LogP contribution in [0.1, 0.15) is 5.56 Å². The fourth-order valence-electron chi connectivity index (χ4n) is 2.96. The van der Waals surface area contributed by atoms with Crippen molar-refractivity contribution < 1.29 is 9.53 Å². The molecule has 1 N–H and O–H groups in total. The first kappa shape index (κ1) is 18.8. The summed E-state index contributed by atoms with van der Waals surface area (Å²) in [7, 11) is 1.66. The van der Waals surface area contributed by atoms with Crippen molar-refractivity contribution in [2.75, 3.05) is 38.6 Å². The highest BCUT2D eigenvalue weighted by Crippen LogP contribution is 2.24. The van der Waals surface area contributed by atoms with Crippen LogP contribution < -0.4 is 10.1 Å². The van der Waals surface area contributed by atoms with Gasteiger partial charge in [-0.05, 0) is 42.5 Å². The Labute approximate surface area is 163 Å². The summed E-state index contributed by atoms with van der Waals surface area (Å²) in [5.41, 5.74) is 1.80. The molecule has 0 unspecified atom stereocenters. The van der Waals surface area contributed by atoms with Crippen LogP contribution in [0.3, 0.4) is 0 Å². The zero-order chi connectivity index (χ0) is 18.5. The van der Waals surface area contributed by atoms with Gasteiger partial charge in [-0.15, -0.1) is 0 Å². The molecule has 1 heterocycles. The third-order valence-electron chi connectivity index (χ3n) is 4.39. The van der Waals surface area contributed by atoms with E-state index >= 15 is 0 Å². The maximum atomic E-state index is 12.4. The van der Waals surface area contributed by atoms with Crippen LogP contribution in [0.2, 0.25) is 10.0 Å². The Morgan fingerprint density at radius 2 is 1.69 bits per heavy atom. The lowest BCUT2D eigenvalue weighted by molar-refractivity contribution is 0.142. The molecule has 0 aromatic heterocycles. The van der Waals surface area contributed by atoms with E-state index in [-0.39, 0.29) is 6.03 Å². The fraction of sp³-hybridized carbons (Fsp3) is 0.316. The Hall–Kier alpha value is -1.95. The van der Waals surface area contributed by atoms with Crippen molar-refractivity contribution in [3.05, 3.63) is 58.1 Å². The van der Waals surface area contributed by atoms with E-state index < -0.39 is 0 Å². The molecule has 3 rings (SSSR count). The Balaban J connectivity index is 1.53. The summed E-state index contributed by atoms with van der Waals surface area (Å²) in [6, 6.07) is 12.6. The maximum Gasteiger partial charge on any atom is 0.321 e. The SMILES string of the molecule is COc1ccc(Cl)cc1CN1CCN(C(=O)Nc2ccc(Cl)cc2)CC1. The number of anilines is 1. The number of methoxy groups -OCH3 is 1. The van der Waals surface area contributed by atoms with Gasteiger partial charge in [-0.3, -0.25) is 4.90 Å². The van der Waals surface area contributed by atoms with E-state index in [0.717, 1.165) is 36.6 Å². The van der Waals surface area contributed by atoms with Crippen LogP contribution in [0.5, 0.6) is 5.75 Å². The number of nitrogens with one attached hydrogen (secondary N) is 1. The van der Waals surface area contributed by atoms with Gasteiger partial charge in [-0.25, -0.2) is 4.79 Å². The highest BCUT2D eigenvalue weighted by atomic mass is 35.5. The molecule has 0 radical (unpaired) electrons. The van der Waals surface area contributed by atoms with Gasteiger partial charge in [-0.2, -0.15) is 0 Å². The van der Waals surface area contributed by atoms with Gasteiger partial charge in [-0.1, -0.05) is 23.2 Å². The summed E-state index contributed by atoms with van der Waals surface area (Å²) >= 11 is 12.0. The molecule has 5 nitrogen and oxygen atoms in total. The van der Waals surface area contributed by atoms with E-state index in [9.17, 15) is 4.79 Å². The van der Waals surface area contributed by atoms with E-state index in [4.69, 9.17) is 27.9 Å². The molecule has 1 fully saturated rings. The summed E-state index contributed by atoms with van der Waals surface area (Å²) in [5, 5.41) is 4.24. The number of ether oxygens (including phenoxy) is 1. The van der Waals surface area contributed by atoms with Gasteiger partial charge in [0.05, 0.1) is 7.11 Å². The van der Waals surface area contributed by atoms with Gasteiger partial charge >= 0.3 is 6.03 Å². The number of carbonyl (C=O) groups is 1. The number of nitrogens with zero attached hydrogens (tertiary/aromatic N) is 2. The molecule has 26 heavy (non-hydrogen) atoms. The van der Waals surface area contributed by atoms with Crippen LogP contribution in [-0.2, 0) is 6.54 Å². The summed E-state index contributed by atoms with van der Waals surface area (Å²) in [6.45, 7) is 3.67. The zero-order valence-corrected chi connectivity index (χ0v) is 16.1. The second-order valence-corrected chi connectivity index (χ2v) is 7.03. The molecule has 0 bridgehead atoms. The first-order valence-corrected chi connectivity index (χ1v) is 9.17. The van der Waals surface area contributed by atoms with Crippen molar-refractivity contribution >= 4 is 34.9 Å². The van der Waals surface area contributed by atoms with Gasteiger partial charge in [0.1, 0.15) is 5.75 Å². The lowest BCUT2D eigenvalue weighted by atomic mass is 10.1. The molecule has 0 spiro atoms. The minimum atomic E-state index is -0.0905. The second kappa shape index (κ2) is 8.62. The minimum absolute atomic E-state index is 0.0905. The number of halogens is 2. The van der Waals surface area contributed by atoms with E-state index in [2.05, 4.69) is 10.2 Å². The summed E-state index contributed by atoms with van der Waals surface area (Å²) in [5.74, 6) is 0.831. The smallest absolute Gasteiger partial charge is 0.321 e. The van der Waals surface area contributed by atoms with Crippen molar-refractivity contribution in [1.82, 2.24) is 9.80 Å². The average Bonchev–Trinajstić information content (AvgIpc) is 2.64. The van der Waals surface area contributed by atoms with Gasteiger partial charge in [0.25, 0.3) is 0 Å². The van der Waals surface area contributed by atoms with Crippen molar-refractivity contribution in [2.45, 2.75) is 6.54 Å². The predicted octanol–water partition coefficient (Wildman–Crippen LogP) is 4.35. The highest BCUT2D eigenvalue weighted by Gasteiger charge is 2.22. The molecular weight excluding hydrogens is 373 g/mol. The van der Waals surface area contributed by atoms with Crippen molar-refractivity contribution in [3.8, 4) is 5.75 Å². The third-order valence-corrected chi connectivity index (χ3v) is 4.88. The molecule has 1 aliphatic heterocycles. The Morgan fingerprint density at radius 3 is 2.35 bits per heavy atom. The fourth-order valence-corrected chi connectivity index (χ4v) is 3.28. The zero-order valence-electron chi connectivity index (χ0n) is 14.5. The van der Waals surface area contributed by atoms with Crippen LogP contribution in [0.15, 0.2) is 42.5 Å². The molecule has 0 atom stereocenters. The number of urea groups is 1. The first-order valence-electron chi connectivity index (χ1n) is 8.41. The Bertz CT molecular complexity index is 760. The van der Waals surface area contributed by atoms with E-state index in [1.165, 1.54) is 0 Å². The molecule has 0 saturated carbocycles. The molecule has 2 aromatic rings. The Kier molecular flexibility index (Phi) is 6.25. The van der Waals surface area contributed by atoms with Gasteiger partial charge in [0.2, 0.25) is 0 Å². The average molecular weight is 394 g/mol. The summed E-state index contributed by atoms with van der Waals surface area (Å²) < 4.78 is 5.41. The normalized spacial score (nSPS) is 15.0. The van der Waals surface area contributed by atoms with Gasteiger partial charge < -0.3 is 15.0 Å². The summed E-state index contributed by atoms with van der Waals surface area (Å²) in [6.07, 6.45) is 0. The van der Waals surface area contributed by atoms with E-state index in [0.29, 0.717) is 23.1 Å². The molecule has 1 saturated heterocycles. The van der Waals surface area contributed by atoms with Crippen LogP contribution >= 0.6 is 23.2 Å². The number of rotatable bonds is 4. The highest BCUT2D eigenvalue weighted by molar-refractivity contribution is 6.31. The molecule has 2 aromatic carbocycles. The number of hydrogen-bond donors (Lipinski definition) is 1. The molecular formula is C19H21Cl2N3O2. The van der Waals surface area contributed by atoms with Gasteiger partial charge in [0, 0.05) is 54.0 Å². The van der Waals surface area contributed by atoms with Gasteiger partial charge in [0.15, 0.2) is 0 Å². The largest absolute Gasteiger partial charge is 0.496 e. The van der Waals surface area contributed by atoms with E-state index in [1.807, 2.05) is 23.1 Å². The number of carbonyl (C=O) groups excluding carboxylic acids is 1. The lowest BCUT2D eigenvalue weighted by Crippen LogP contribution is -2.49. The van der Waals surface area contributed by atoms with Crippen molar-refractivity contribution in [3.63, 3.8) is 0 Å². The quantitative estimate of drug-likeness (QED) is 0.839. The van der Waals surface area contributed by atoms with Crippen LogP contribution in [0.4, 0.5) is 10.5 Å².